The van der Waals surface area contributed by atoms with Crippen LogP contribution in [0.5, 0.6) is 0 Å². The van der Waals surface area contributed by atoms with Crippen molar-refractivity contribution in [3.8, 4) is 0 Å². The highest BCUT2D eigenvalue weighted by Gasteiger charge is 2.20. The molecule has 0 aliphatic carbocycles. The van der Waals surface area contributed by atoms with Crippen LogP contribution in [0.2, 0.25) is 0 Å². The van der Waals surface area contributed by atoms with Crippen LogP contribution in [0.4, 0.5) is 4.79 Å². The molecule has 1 heterocycles. The third-order valence-electron chi connectivity index (χ3n) is 1.69. The number of amides is 1. The Bertz CT molecular complexity index is 154. The molecule has 1 amide bonds. The number of hydrogen-bond acceptors (Lipinski definition) is 3. The lowest BCUT2D eigenvalue weighted by atomic mass is 10.2. The highest BCUT2D eigenvalue weighted by molar-refractivity contribution is 14.1. The number of nitrogens with zero attached hydrogens (tertiary/aromatic N) is 1. The van der Waals surface area contributed by atoms with Gasteiger partial charge in [-0.25, -0.2) is 4.79 Å². The summed E-state index contributed by atoms with van der Waals surface area (Å²) in [5.74, 6) is 0. The van der Waals surface area contributed by atoms with Crippen molar-refractivity contribution in [2.24, 2.45) is 0 Å². The number of piperazine rings is 1. The molecule has 0 bridgehead atoms. The van der Waals surface area contributed by atoms with E-state index in [9.17, 15) is 4.79 Å². The zero-order valence-electron chi connectivity index (χ0n) is 6.34. The minimum Gasteiger partial charge on any atom is -0.378 e. The van der Waals surface area contributed by atoms with Gasteiger partial charge in [-0.3, -0.25) is 0 Å². The van der Waals surface area contributed by atoms with Gasteiger partial charge in [-0.1, -0.05) is 0 Å². The van der Waals surface area contributed by atoms with E-state index >= 15 is 0 Å². The maximum Gasteiger partial charge on any atom is 0.419 e. The van der Waals surface area contributed by atoms with E-state index in [1.165, 1.54) is 0 Å². The fourth-order valence-electron chi connectivity index (χ4n) is 1.15. The first-order valence-electron chi connectivity index (χ1n) is 3.55. The van der Waals surface area contributed by atoms with Gasteiger partial charge in [0.25, 0.3) is 0 Å². The summed E-state index contributed by atoms with van der Waals surface area (Å²) in [5.41, 5.74) is 0. The second-order valence-electron chi connectivity index (χ2n) is 2.64. The predicted octanol–water partition coefficient (Wildman–Crippen LogP) is 0.767. The SMILES string of the molecule is C[C@@H]1CN(C(=O)OI)CCN1. The Morgan fingerprint density at radius 2 is 2.55 bits per heavy atom. The van der Waals surface area contributed by atoms with Crippen LogP contribution in [-0.2, 0) is 3.07 Å². The summed E-state index contributed by atoms with van der Waals surface area (Å²) in [6.45, 7) is 4.38. The first-order chi connectivity index (χ1) is 5.24. The van der Waals surface area contributed by atoms with Gasteiger partial charge in [0.05, 0.1) is 0 Å². The topological polar surface area (TPSA) is 41.6 Å². The van der Waals surface area contributed by atoms with E-state index in [0.717, 1.165) is 19.6 Å². The molecule has 1 aliphatic heterocycles. The van der Waals surface area contributed by atoms with Gasteiger partial charge in [0.15, 0.2) is 23.0 Å². The lowest BCUT2D eigenvalue weighted by Gasteiger charge is -2.30. The summed E-state index contributed by atoms with van der Waals surface area (Å²) in [7, 11) is 0. The molecule has 0 saturated carbocycles. The van der Waals surface area contributed by atoms with Crippen LogP contribution >= 0.6 is 23.0 Å². The van der Waals surface area contributed by atoms with Crippen LogP contribution in [0.1, 0.15) is 6.92 Å². The van der Waals surface area contributed by atoms with Gasteiger partial charge in [-0.15, -0.1) is 0 Å². The Balaban J connectivity index is 2.39. The lowest BCUT2D eigenvalue weighted by Crippen LogP contribution is -2.51. The standard InChI is InChI=1S/C6H11IN2O2/c1-5-4-9(3-2-8-5)6(10)11-7/h5,8H,2-4H2,1H3/t5-/m1/s1. The number of hydrogen-bond donors (Lipinski definition) is 1. The molecule has 0 aromatic carbocycles. The molecule has 0 radical (unpaired) electrons. The molecular weight excluding hydrogens is 259 g/mol. The van der Waals surface area contributed by atoms with Crippen molar-refractivity contribution in [3.05, 3.63) is 0 Å². The van der Waals surface area contributed by atoms with Crippen LogP contribution in [0.3, 0.4) is 0 Å². The van der Waals surface area contributed by atoms with E-state index in [0.29, 0.717) is 6.04 Å². The summed E-state index contributed by atoms with van der Waals surface area (Å²) >= 11 is 1.61. The van der Waals surface area contributed by atoms with Crippen LogP contribution in [-0.4, -0.2) is 36.7 Å². The monoisotopic (exact) mass is 270 g/mol. The van der Waals surface area contributed by atoms with E-state index < -0.39 is 0 Å². The number of rotatable bonds is 0. The summed E-state index contributed by atoms with van der Waals surface area (Å²) in [4.78, 5) is 12.7. The van der Waals surface area contributed by atoms with Gasteiger partial charge in [0, 0.05) is 25.7 Å². The second-order valence-corrected chi connectivity index (χ2v) is 3.08. The minimum absolute atomic E-state index is 0.237. The first-order valence-corrected chi connectivity index (χ1v) is 4.43. The lowest BCUT2D eigenvalue weighted by molar-refractivity contribution is 0.151. The predicted molar refractivity (Wildman–Crippen MR) is 49.5 cm³/mol. The Morgan fingerprint density at radius 1 is 1.82 bits per heavy atom. The van der Waals surface area contributed by atoms with Gasteiger partial charge < -0.3 is 13.3 Å². The van der Waals surface area contributed by atoms with E-state index in [1.54, 1.807) is 27.9 Å². The largest absolute Gasteiger partial charge is 0.419 e. The number of nitrogens with one attached hydrogen (secondary N) is 1. The maximum atomic E-state index is 11.0. The molecule has 64 valence electrons. The molecule has 1 N–H and O–H groups in total. The molecule has 1 rings (SSSR count). The molecule has 1 saturated heterocycles. The van der Waals surface area contributed by atoms with Crippen molar-refractivity contribution in [3.63, 3.8) is 0 Å². The molecule has 4 nitrogen and oxygen atoms in total. The molecule has 11 heavy (non-hydrogen) atoms. The van der Waals surface area contributed by atoms with E-state index in [2.05, 4.69) is 8.38 Å². The Morgan fingerprint density at radius 3 is 3.09 bits per heavy atom. The summed E-state index contributed by atoms with van der Waals surface area (Å²) in [6.07, 6.45) is -0.237. The van der Waals surface area contributed by atoms with Crippen LogP contribution < -0.4 is 5.32 Å². The van der Waals surface area contributed by atoms with Crippen molar-refractivity contribution >= 4 is 29.1 Å². The number of carbonyl (C=O) groups excluding carboxylic acids is 1. The first kappa shape index (κ1) is 9.05. The molecule has 0 spiro atoms. The quantitative estimate of drug-likeness (QED) is 0.661. The normalized spacial score (nSPS) is 24.9. The molecule has 1 fully saturated rings. The van der Waals surface area contributed by atoms with Crippen molar-refractivity contribution in [2.45, 2.75) is 13.0 Å². The van der Waals surface area contributed by atoms with Crippen molar-refractivity contribution < 1.29 is 7.86 Å². The molecule has 1 atom stereocenters. The molecule has 1 aliphatic rings. The Labute approximate surface area is 80.0 Å². The molecule has 0 unspecified atom stereocenters. The van der Waals surface area contributed by atoms with Gasteiger partial charge in [-0.05, 0) is 6.92 Å². The summed E-state index contributed by atoms with van der Waals surface area (Å²) < 4.78 is 4.57. The van der Waals surface area contributed by atoms with Crippen molar-refractivity contribution in [2.75, 3.05) is 19.6 Å². The average molecular weight is 270 g/mol. The van der Waals surface area contributed by atoms with Gasteiger partial charge in [0.2, 0.25) is 0 Å². The van der Waals surface area contributed by atoms with Crippen LogP contribution in [0.15, 0.2) is 0 Å². The van der Waals surface area contributed by atoms with Crippen molar-refractivity contribution in [1.82, 2.24) is 10.2 Å². The molecular formula is C6H11IN2O2. The fourth-order valence-corrected chi connectivity index (χ4v) is 1.43. The van der Waals surface area contributed by atoms with Crippen LogP contribution in [0, 0.1) is 0 Å². The van der Waals surface area contributed by atoms with Crippen LogP contribution in [0.25, 0.3) is 0 Å². The average Bonchev–Trinajstić information content (AvgIpc) is 2.03. The minimum atomic E-state index is -0.237. The Kier molecular flexibility index (Phi) is 3.38. The summed E-state index contributed by atoms with van der Waals surface area (Å²) in [6, 6.07) is 0.374. The Hall–Kier alpha value is -0.0400. The summed E-state index contributed by atoms with van der Waals surface area (Å²) in [5, 5.41) is 3.24. The third-order valence-corrected chi connectivity index (χ3v) is 2.07. The van der Waals surface area contributed by atoms with E-state index in [-0.39, 0.29) is 6.09 Å². The van der Waals surface area contributed by atoms with Gasteiger partial charge in [-0.2, -0.15) is 0 Å². The highest BCUT2D eigenvalue weighted by Crippen LogP contribution is 2.03. The van der Waals surface area contributed by atoms with Gasteiger partial charge in [0.1, 0.15) is 0 Å². The molecule has 5 heteroatoms. The maximum absolute atomic E-state index is 11.0. The second kappa shape index (κ2) is 4.10. The van der Waals surface area contributed by atoms with Crippen molar-refractivity contribution in [1.29, 1.82) is 0 Å². The number of carbonyl (C=O) groups is 1. The zero-order valence-corrected chi connectivity index (χ0v) is 8.50. The highest BCUT2D eigenvalue weighted by atomic mass is 127. The fraction of sp³-hybridized carbons (Fsp3) is 0.833. The smallest absolute Gasteiger partial charge is 0.378 e. The van der Waals surface area contributed by atoms with E-state index in [1.807, 2.05) is 6.92 Å². The third kappa shape index (κ3) is 2.48. The van der Waals surface area contributed by atoms with E-state index in [4.69, 9.17) is 0 Å². The number of halogens is 1. The molecule has 0 aromatic heterocycles. The zero-order chi connectivity index (χ0) is 8.27. The molecule has 0 aromatic rings. The van der Waals surface area contributed by atoms with Gasteiger partial charge >= 0.3 is 6.09 Å².